The number of halogens is 1. The van der Waals surface area contributed by atoms with Crippen molar-refractivity contribution in [2.45, 2.75) is 75.6 Å². The van der Waals surface area contributed by atoms with E-state index in [1.807, 2.05) is 25.1 Å². The van der Waals surface area contributed by atoms with E-state index in [1.165, 1.54) is 11.1 Å². The van der Waals surface area contributed by atoms with Crippen molar-refractivity contribution in [3.05, 3.63) is 58.1 Å². The number of anilines is 1. The summed E-state index contributed by atoms with van der Waals surface area (Å²) in [5.41, 5.74) is 3.82. The molecule has 5 aliphatic rings. The molecule has 7 atom stereocenters. The molecule has 3 aliphatic heterocycles. The minimum Gasteiger partial charge on any atom is -0.490 e. The Morgan fingerprint density at radius 2 is 2.05 bits per heavy atom. The number of aryl methyl sites for hydroxylation is 1. The number of amides is 1. The first-order valence-corrected chi connectivity index (χ1v) is 17.7. The second-order valence-corrected chi connectivity index (χ2v) is 15.8. The van der Waals surface area contributed by atoms with Crippen LogP contribution in [0.25, 0.3) is 0 Å². The molecule has 2 aliphatic carbocycles. The van der Waals surface area contributed by atoms with Crippen LogP contribution in [-0.4, -0.2) is 66.4 Å². The van der Waals surface area contributed by atoms with Crippen molar-refractivity contribution in [3.63, 3.8) is 0 Å². The van der Waals surface area contributed by atoms with Crippen molar-refractivity contribution < 1.29 is 23.2 Å². The third-order valence-corrected chi connectivity index (χ3v) is 12.0. The summed E-state index contributed by atoms with van der Waals surface area (Å²) in [6.07, 6.45) is 7.03. The van der Waals surface area contributed by atoms with Gasteiger partial charge >= 0.3 is 0 Å². The molecule has 1 spiro atoms. The molecular formula is C33H41ClN2O5S. The quantitative estimate of drug-likeness (QED) is 0.414. The number of hydrogen-bond donors (Lipinski definition) is 1. The van der Waals surface area contributed by atoms with Crippen LogP contribution >= 0.6 is 11.6 Å². The molecule has 7 rings (SSSR count). The lowest BCUT2D eigenvalue weighted by Crippen LogP contribution is -2.51. The van der Waals surface area contributed by atoms with Crippen molar-refractivity contribution >= 4 is 38.8 Å². The predicted molar refractivity (Wildman–Crippen MR) is 167 cm³/mol. The highest BCUT2D eigenvalue weighted by Crippen LogP contribution is 2.47. The lowest BCUT2D eigenvalue weighted by Gasteiger charge is -2.48. The first-order chi connectivity index (χ1) is 20.2. The number of carbonyl (C=O) groups excluding carboxylic acids is 1. The van der Waals surface area contributed by atoms with Crippen molar-refractivity contribution in [3.8, 4) is 5.75 Å². The fraction of sp³-hybridized carbons (Fsp3) is 0.576. The van der Waals surface area contributed by atoms with E-state index in [0.29, 0.717) is 30.6 Å². The van der Waals surface area contributed by atoms with E-state index in [2.05, 4.69) is 27.6 Å². The van der Waals surface area contributed by atoms with Gasteiger partial charge in [0.15, 0.2) is 0 Å². The third-order valence-electron chi connectivity index (χ3n) is 10.2. The van der Waals surface area contributed by atoms with Gasteiger partial charge in [0.2, 0.25) is 0 Å². The van der Waals surface area contributed by atoms with Crippen molar-refractivity contribution in [2.24, 2.45) is 11.8 Å². The maximum Gasteiger partial charge on any atom is 0.262 e. The van der Waals surface area contributed by atoms with Crippen molar-refractivity contribution in [1.82, 2.24) is 4.72 Å². The number of nitrogens with zero attached hydrogens (tertiary/aromatic N) is 1. The zero-order valence-corrected chi connectivity index (χ0v) is 25.9. The Labute approximate surface area is 254 Å². The van der Waals surface area contributed by atoms with Crippen LogP contribution in [0.5, 0.6) is 5.75 Å². The molecule has 1 saturated heterocycles. The van der Waals surface area contributed by atoms with E-state index >= 15 is 0 Å². The average molecular weight is 613 g/mol. The van der Waals surface area contributed by atoms with Gasteiger partial charge in [-0.15, -0.1) is 0 Å². The predicted octanol–water partition coefficient (Wildman–Crippen LogP) is 5.17. The highest BCUT2D eigenvalue weighted by Gasteiger charge is 2.45. The maximum absolute atomic E-state index is 13.4. The van der Waals surface area contributed by atoms with Crippen LogP contribution in [-0.2, 0) is 31.0 Å². The molecule has 226 valence electrons. The second kappa shape index (κ2) is 11.0. The maximum atomic E-state index is 13.4. The summed E-state index contributed by atoms with van der Waals surface area (Å²) < 4.78 is 35.5. The molecule has 7 nitrogen and oxygen atoms in total. The molecule has 1 unspecified atom stereocenters. The van der Waals surface area contributed by atoms with Crippen molar-refractivity contribution in [2.75, 3.05) is 37.0 Å². The van der Waals surface area contributed by atoms with Gasteiger partial charge in [0, 0.05) is 42.1 Å². The number of rotatable bonds is 0. The van der Waals surface area contributed by atoms with Gasteiger partial charge in [0.05, 0.1) is 46.1 Å². The molecule has 1 amide bonds. The van der Waals surface area contributed by atoms with Gasteiger partial charge in [-0.2, -0.15) is 0 Å². The van der Waals surface area contributed by atoms with Gasteiger partial charge in [-0.25, -0.2) is 4.21 Å². The lowest BCUT2D eigenvalue weighted by molar-refractivity contribution is -0.126. The first kappa shape index (κ1) is 28.5. The Balaban J connectivity index is 1.29. The SMILES string of the molecule is C=S1(=O)C[C@H](C)O[C@H]2CCO[C@@H](C2)[C@@H]2CC[C@H]2CN2C[C@@]3(CCCc4cc(Cl)ccc43)COc3ccc(cc32)C(=O)N1. The van der Waals surface area contributed by atoms with Crippen LogP contribution in [0.4, 0.5) is 5.69 Å². The number of carbonyl (C=O) groups is 1. The molecule has 4 bridgehead atoms. The fourth-order valence-corrected chi connectivity index (χ4v) is 9.65. The second-order valence-electron chi connectivity index (χ2n) is 13.2. The summed E-state index contributed by atoms with van der Waals surface area (Å²) in [5.74, 6) is 5.39. The lowest BCUT2D eigenvalue weighted by atomic mass is 9.67. The minimum atomic E-state index is -2.91. The fourth-order valence-electron chi connectivity index (χ4n) is 8.08. The molecule has 2 aromatic rings. The van der Waals surface area contributed by atoms with E-state index in [4.69, 9.17) is 25.8 Å². The van der Waals surface area contributed by atoms with Crippen LogP contribution in [0, 0.1) is 11.8 Å². The van der Waals surface area contributed by atoms with E-state index in [9.17, 15) is 9.00 Å². The Bertz CT molecular complexity index is 1480. The smallest absolute Gasteiger partial charge is 0.262 e. The first-order valence-electron chi connectivity index (χ1n) is 15.4. The van der Waals surface area contributed by atoms with Crippen LogP contribution < -0.4 is 14.4 Å². The summed E-state index contributed by atoms with van der Waals surface area (Å²) in [5, 5.41) is 0.771. The molecule has 2 aromatic carbocycles. The molecule has 1 saturated carbocycles. The van der Waals surface area contributed by atoms with Gasteiger partial charge < -0.3 is 19.1 Å². The Hall–Kier alpha value is -2.26. The third kappa shape index (κ3) is 5.44. The molecule has 42 heavy (non-hydrogen) atoms. The van der Waals surface area contributed by atoms with Gasteiger partial charge in [-0.1, -0.05) is 17.7 Å². The molecule has 0 radical (unpaired) electrons. The van der Waals surface area contributed by atoms with Crippen LogP contribution in [0.3, 0.4) is 0 Å². The highest BCUT2D eigenvalue weighted by atomic mass is 35.5. The van der Waals surface area contributed by atoms with E-state index in [1.54, 1.807) is 6.07 Å². The molecule has 1 N–H and O–H groups in total. The Morgan fingerprint density at radius 1 is 1.17 bits per heavy atom. The number of ether oxygens (including phenoxy) is 3. The molecule has 9 heteroatoms. The normalized spacial score (nSPS) is 36.5. The van der Waals surface area contributed by atoms with Gasteiger partial charge in [0.25, 0.3) is 5.91 Å². The topological polar surface area (TPSA) is 77.1 Å². The monoisotopic (exact) mass is 612 g/mol. The zero-order chi connectivity index (χ0) is 29.1. The standard InChI is InChI=1S/C33H41ClN2O5S/c1-21-18-42(2,38)35-32(37)23-6-10-30-29(15-23)36(17-24-5-8-27(24)31-16-26(41-21)11-13-39-31)19-33(20-40-30)12-3-4-22-14-25(34)7-9-28(22)33/h6-7,9-10,14-15,21,24,26-27,31H,2-5,8,11-13,16-20H2,1H3,(H,35,37,38)/t21-,24-,26-,27+,31-,33-,42?/m0/s1. The number of nitrogens with one attached hydrogen (secondary N) is 1. The average Bonchev–Trinajstić information content (AvgIpc) is 3.07. The van der Waals surface area contributed by atoms with Crippen molar-refractivity contribution in [1.29, 1.82) is 0 Å². The molecule has 0 aromatic heterocycles. The summed E-state index contributed by atoms with van der Waals surface area (Å²) in [6, 6.07) is 11.9. The van der Waals surface area contributed by atoms with Crippen LogP contribution in [0.2, 0.25) is 5.02 Å². The largest absolute Gasteiger partial charge is 0.490 e. The summed E-state index contributed by atoms with van der Waals surface area (Å²) in [6.45, 7) is 4.82. The zero-order valence-electron chi connectivity index (χ0n) is 24.3. The molecule has 3 heterocycles. The van der Waals surface area contributed by atoms with E-state index < -0.39 is 9.71 Å². The molecule has 2 fully saturated rings. The van der Waals surface area contributed by atoms with E-state index in [-0.39, 0.29) is 35.4 Å². The van der Waals surface area contributed by atoms with Gasteiger partial charge in [-0.3, -0.25) is 9.52 Å². The van der Waals surface area contributed by atoms with Gasteiger partial charge in [0.1, 0.15) is 5.75 Å². The Morgan fingerprint density at radius 3 is 2.88 bits per heavy atom. The van der Waals surface area contributed by atoms with Crippen LogP contribution in [0.15, 0.2) is 36.4 Å². The van der Waals surface area contributed by atoms with E-state index in [0.717, 1.165) is 74.5 Å². The number of hydrogen-bond acceptors (Lipinski definition) is 6. The number of fused-ring (bicyclic) bond motifs is 7. The van der Waals surface area contributed by atoms with Crippen LogP contribution in [0.1, 0.15) is 66.9 Å². The Kier molecular flexibility index (Phi) is 7.48. The summed E-state index contributed by atoms with van der Waals surface area (Å²) in [7, 11) is -2.91. The minimum absolute atomic E-state index is 0.0542. The summed E-state index contributed by atoms with van der Waals surface area (Å²) in [4.78, 5) is 15.9. The van der Waals surface area contributed by atoms with Gasteiger partial charge in [-0.05, 0) is 105 Å². The molecular weight excluding hydrogens is 572 g/mol. The summed E-state index contributed by atoms with van der Waals surface area (Å²) >= 11 is 6.42. The number of benzene rings is 2. The highest BCUT2D eigenvalue weighted by molar-refractivity contribution is 7.99.